The van der Waals surface area contributed by atoms with Gasteiger partial charge in [0.1, 0.15) is 11.3 Å². The van der Waals surface area contributed by atoms with Gasteiger partial charge < -0.3 is 19.3 Å². The number of pyridine rings is 1. The molecule has 3 heterocycles. The number of imidazole rings is 1. The average Bonchev–Trinajstić information content (AvgIpc) is 3.31. The summed E-state index contributed by atoms with van der Waals surface area (Å²) in [6.07, 6.45) is 1.63. The molecule has 1 aliphatic heterocycles. The van der Waals surface area contributed by atoms with Crippen LogP contribution >= 0.6 is 7.60 Å². The van der Waals surface area contributed by atoms with E-state index in [1.807, 2.05) is 26.8 Å². The Bertz CT molecular complexity index is 1560. The zero-order valence-corrected chi connectivity index (χ0v) is 19.7. The summed E-state index contributed by atoms with van der Waals surface area (Å²) in [7, 11) is -4.75. The number of halogens is 1. The van der Waals surface area contributed by atoms with Crippen LogP contribution in [0.2, 0.25) is 0 Å². The molecule has 0 bridgehead atoms. The molecule has 1 aliphatic rings. The number of hydrogen-bond donors (Lipinski definition) is 2. The van der Waals surface area contributed by atoms with Gasteiger partial charge in [-0.3, -0.25) is 13.7 Å². The lowest BCUT2D eigenvalue weighted by atomic mass is 9.97. The zero-order valence-electron chi connectivity index (χ0n) is 18.8. The number of ether oxygens (including phenoxy) is 2. The maximum Gasteiger partial charge on any atom is 0.359 e. The normalized spacial score (nSPS) is 13.8. The minimum atomic E-state index is -4.75. The van der Waals surface area contributed by atoms with E-state index in [4.69, 9.17) is 9.47 Å². The molecule has 2 aromatic carbocycles. The minimum absolute atomic E-state index is 0.00160. The van der Waals surface area contributed by atoms with E-state index in [0.29, 0.717) is 45.5 Å². The molecule has 0 atom stereocenters. The second kappa shape index (κ2) is 7.66. The quantitative estimate of drug-likeness (QED) is 0.425. The van der Waals surface area contributed by atoms with E-state index in [-0.39, 0.29) is 24.4 Å². The van der Waals surface area contributed by atoms with Crippen LogP contribution in [0.1, 0.15) is 26.3 Å². The van der Waals surface area contributed by atoms with Gasteiger partial charge in [-0.25, -0.2) is 14.2 Å². The first-order valence-corrected chi connectivity index (χ1v) is 12.2. The molecule has 2 N–H and O–H groups in total. The van der Waals surface area contributed by atoms with E-state index in [1.165, 1.54) is 10.6 Å². The molecule has 0 amide bonds. The van der Waals surface area contributed by atoms with Crippen molar-refractivity contribution >= 4 is 34.8 Å². The van der Waals surface area contributed by atoms with E-state index in [0.717, 1.165) is 12.1 Å². The Morgan fingerprint density at radius 2 is 1.91 bits per heavy atom. The highest BCUT2D eigenvalue weighted by atomic mass is 31.2. The number of nitrogens with zero attached hydrogens (tertiary/aromatic N) is 3. The molecular weight excluding hydrogens is 464 g/mol. The Kier molecular flexibility index (Phi) is 5.09. The van der Waals surface area contributed by atoms with Gasteiger partial charge in [-0.15, -0.1) is 0 Å². The zero-order chi connectivity index (χ0) is 24.4. The molecule has 0 fully saturated rings. The molecule has 0 saturated heterocycles. The molecule has 0 radical (unpaired) electrons. The fraction of sp³-hybridized carbons (Fsp3) is 0.304. The van der Waals surface area contributed by atoms with Crippen LogP contribution in [-0.2, 0) is 17.7 Å². The van der Waals surface area contributed by atoms with Crippen LogP contribution in [0.5, 0.6) is 11.5 Å². The third-order valence-electron chi connectivity index (χ3n) is 5.65. The van der Waals surface area contributed by atoms with Gasteiger partial charge in [-0.05, 0) is 35.2 Å². The molecule has 0 spiro atoms. The lowest BCUT2D eigenvalue weighted by Gasteiger charge is -2.18. The van der Waals surface area contributed by atoms with Crippen molar-refractivity contribution in [1.82, 2.24) is 14.1 Å². The van der Waals surface area contributed by atoms with E-state index >= 15 is 0 Å². The Hall–Kier alpha value is -3.20. The monoisotopic (exact) mass is 487 g/mol. The van der Waals surface area contributed by atoms with E-state index in [9.17, 15) is 23.5 Å². The topological polar surface area (TPSA) is 116 Å². The summed E-state index contributed by atoms with van der Waals surface area (Å²) in [5.74, 6) is 0.0451. The molecule has 0 unspecified atom stereocenters. The van der Waals surface area contributed by atoms with Gasteiger partial charge in [0, 0.05) is 11.9 Å². The molecule has 0 aliphatic carbocycles. The summed E-state index contributed by atoms with van der Waals surface area (Å²) < 4.78 is 40.2. The molecule has 0 saturated carbocycles. The lowest BCUT2D eigenvalue weighted by Crippen LogP contribution is -2.29. The van der Waals surface area contributed by atoms with Gasteiger partial charge in [0.15, 0.2) is 11.5 Å². The average molecular weight is 487 g/mol. The summed E-state index contributed by atoms with van der Waals surface area (Å²) >= 11 is 0. The van der Waals surface area contributed by atoms with E-state index < -0.39 is 18.7 Å². The van der Waals surface area contributed by atoms with Gasteiger partial charge in [-0.2, -0.15) is 0 Å². The lowest BCUT2D eigenvalue weighted by molar-refractivity contribution is 0.174. The van der Waals surface area contributed by atoms with E-state index in [1.54, 1.807) is 16.8 Å². The second-order valence-electron chi connectivity index (χ2n) is 9.53. The highest BCUT2D eigenvalue weighted by molar-refractivity contribution is 7.60. The van der Waals surface area contributed by atoms with Crippen molar-refractivity contribution in [2.45, 2.75) is 33.9 Å². The molecule has 4 aromatic rings. The van der Waals surface area contributed by atoms with Gasteiger partial charge in [0.25, 0.3) is 0 Å². The molecule has 2 aromatic heterocycles. The highest BCUT2D eigenvalue weighted by Crippen LogP contribution is 2.40. The second-order valence-corrected chi connectivity index (χ2v) is 11.1. The van der Waals surface area contributed by atoms with Crippen LogP contribution in [0.25, 0.3) is 21.9 Å². The fourth-order valence-corrected chi connectivity index (χ4v) is 4.88. The highest BCUT2D eigenvalue weighted by Gasteiger charge is 2.26. The van der Waals surface area contributed by atoms with Crippen molar-refractivity contribution < 1.29 is 28.2 Å². The van der Waals surface area contributed by atoms with Gasteiger partial charge >= 0.3 is 13.3 Å². The van der Waals surface area contributed by atoms with Crippen LogP contribution in [0.15, 0.2) is 41.3 Å². The molecular formula is C23H23FN3O6P. The SMILES string of the molecule is CC(C)(C)Cn1c(=O)n(Cc2ccc(P(=O)(O)O)c(F)c2)c2c3ccc4c(c3ncc21)OCO4. The smallest absolute Gasteiger partial charge is 0.359 e. The predicted molar refractivity (Wildman–Crippen MR) is 124 cm³/mol. The maximum atomic E-state index is 14.5. The van der Waals surface area contributed by atoms with Crippen molar-refractivity contribution in [2.24, 2.45) is 5.41 Å². The maximum absolute atomic E-state index is 14.5. The van der Waals surface area contributed by atoms with Crippen molar-refractivity contribution in [1.29, 1.82) is 0 Å². The van der Waals surface area contributed by atoms with Crippen molar-refractivity contribution in [3.05, 3.63) is 58.4 Å². The first kappa shape index (κ1) is 22.6. The van der Waals surface area contributed by atoms with E-state index in [2.05, 4.69) is 4.98 Å². The number of hydrogen-bond acceptors (Lipinski definition) is 5. The Labute approximate surface area is 193 Å². The third-order valence-corrected chi connectivity index (χ3v) is 6.64. The Morgan fingerprint density at radius 3 is 2.59 bits per heavy atom. The van der Waals surface area contributed by atoms with Gasteiger partial charge in [0.05, 0.1) is 29.1 Å². The molecule has 178 valence electrons. The van der Waals surface area contributed by atoms with Crippen LogP contribution in [0.3, 0.4) is 0 Å². The third kappa shape index (κ3) is 3.77. The Balaban J connectivity index is 1.75. The standard InChI is InChI=1S/C23H23FN3O6P/c1-23(2,3)11-27-16-9-25-19-14(5-6-17-21(19)33-12-32-17)20(16)26(22(27)28)10-13-4-7-18(15(24)8-13)34(29,30)31/h4-9H,10-12H2,1-3H3,(H2,29,30,31). The number of rotatable bonds is 4. The number of fused-ring (bicyclic) bond motifs is 5. The first-order valence-electron chi connectivity index (χ1n) is 10.6. The van der Waals surface area contributed by atoms with Crippen LogP contribution in [0.4, 0.5) is 4.39 Å². The number of benzene rings is 2. The van der Waals surface area contributed by atoms with Crippen molar-refractivity contribution in [3.63, 3.8) is 0 Å². The fourth-order valence-electron chi connectivity index (χ4n) is 4.27. The molecule has 34 heavy (non-hydrogen) atoms. The van der Waals surface area contributed by atoms with Crippen molar-refractivity contribution in [3.8, 4) is 11.5 Å². The summed E-state index contributed by atoms with van der Waals surface area (Å²) in [6.45, 7) is 6.57. The van der Waals surface area contributed by atoms with Crippen LogP contribution in [-0.4, -0.2) is 30.7 Å². The predicted octanol–water partition coefficient (Wildman–Crippen LogP) is 3.12. The first-order chi connectivity index (χ1) is 15.9. The summed E-state index contributed by atoms with van der Waals surface area (Å²) in [5.41, 5.74) is 1.67. The molecule has 11 heteroatoms. The summed E-state index contributed by atoms with van der Waals surface area (Å²) in [5, 5.41) is -0.0000576. The van der Waals surface area contributed by atoms with Gasteiger partial charge in [-0.1, -0.05) is 26.8 Å². The summed E-state index contributed by atoms with van der Waals surface area (Å²) in [6, 6.07) is 7.09. The van der Waals surface area contributed by atoms with Crippen LogP contribution in [0, 0.1) is 11.2 Å². The molecule has 9 nitrogen and oxygen atoms in total. The number of aromatic nitrogens is 3. The molecule has 5 rings (SSSR count). The largest absolute Gasteiger partial charge is 0.454 e. The summed E-state index contributed by atoms with van der Waals surface area (Å²) in [4.78, 5) is 36.8. The minimum Gasteiger partial charge on any atom is -0.454 e. The Morgan fingerprint density at radius 1 is 1.15 bits per heavy atom. The van der Waals surface area contributed by atoms with Crippen molar-refractivity contribution in [2.75, 3.05) is 6.79 Å². The van der Waals surface area contributed by atoms with Gasteiger partial charge in [0.2, 0.25) is 6.79 Å². The van der Waals surface area contributed by atoms with Crippen LogP contribution < -0.4 is 20.5 Å².